The Morgan fingerprint density at radius 3 is 2.29 bits per heavy atom. The van der Waals surface area contributed by atoms with Gasteiger partial charge in [-0.3, -0.25) is 9.59 Å². The van der Waals surface area contributed by atoms with Crippen molar-refractivity contribution >= 4 is 23.3 Å². The van der Waals surface area contributed by atoms with Crippen LogP contribution < -0.4 is 10.5 Å². The molecule has 0 unspecified atom stereocenters. The zero-order valence-electron chi connectivity index (χ0n) is 14.2. The van der Waals surface area contributed by atoms with Crippen molar-refractivity contribution in [2.24, 2.45) is 5.73 Å². The minimum Gasteiger partial charge on any atom is -0.485 e. The van der Waals surface area contributed by atoms with Gasteiger partial charge in [0.05, 0.1) is 5.56 Å². The molecular weight excluding hydrogens is 326 g/mol. The summed E-state index contributed by atoms with van der Waals surface area (Å²) in [6, 6.07) is 6.42. The topological polar surface area (TPSA) is 69.4 Å². The largest absolute Gasteiger partial charge is 0.485 e. The number of hydrogen-bond donors (Lipinski definition) is 1. The molecule has 0 heterocycles. The number of amides is 1. The van der Waals surface area contributed by atoms with Gasteiger partial charge in [-0.15, -0.1) is 0 Å². The third kappa shape index (κ3) is 3.60. The molecule has 0 radical (unpaired) electrons. The fourth-order valence-electron chi connectivity index (χ4n) is 2.54. The average molecular weight is 346 g/mol. The number of ether oxygens (including phenoxy) is 1. The zero-order valence-corrected chi connectivity index (χ0v) is 15.0. The molecule has 0 aliphatic heterocycles. The van der Waals surface area contributed by atoms with Crippen LogP contribution in [-0.4, -0.2) is 18.3 Å². The lowest BCUT2D eigenvalue weighted by molar-refractivity contribution is 0.0911. The van der Waals surface area contributed by atoms with Crippen molar-refractivity contribution in [3.05, 3.63) is 62.7 Å². The van der Waals surface area contributed by atoms with Crippen molar-refractivity contribution in [1.29, 1.82) is 0 Å². The second-order valence-corrected chi connectivity index (χ2v) is 6.27. The van der Waals surface area contributed by atoms with Crippen LogP contribution in [0.2, 0.25) is 5.02 Å². The summed E-state index contributed by atoms with van der Waals surface area (Å²) in [5.41, 5.74) is 10.4. The van der Waals surface area contributed by atoms with Gasteiger partial charge < -0.3 is 10.5 Å². The third-order valence-corrected chi connectivity index (χ3v) is 4.58. The van der Waals surface area contributed by atoms with E-state index in [1.807, 2.05) is 33.8 Å². The Kier molecular flexibility index (Phi) is 5.30. The van der Waals surface area contributed by atoms with Gasteiger partial charge in [0.25, 0.3) is 5.91 Å². The fraction of sp³-hybridized carbons (Fsp3) is 0.263. The van der Waals surface area contributed by atoms with Crippen molar-refractivity contribution in [3.8, 4) is 5.75 Å². The van der Waals surface area contributed by atoms with E-state index in [4.69, 9.17) is 22.1 Å². The second-order valence-electron chi connectivity index (χ2n) is 5.83. The Morgan fingerprint density at radius 2 is 1.67 bits per heavy atom. The van der Waals surface area contributed by atoms with Crippen molar-refractivity contribution < 1.29 is 14.3 Å². The molecule has 2 aromatic carbocycles. The van der Waals surface area contributed by atoms with Crippen LogP contribution in [0.1, 0.15) is 43.0 Å². The average Bonchev–Trinajstić information content (AvgIpc) is 2.54. The number of hydrogen-bond acceptors (Lipinski definition) is 3. The van der Waals surface area contributed by atoms with Gasteiger partial charge in [0.1, 0.15) is 5.75 Å². The summed E-state index contributed by atoms with van der Waals surface area (Å²) in [5, 5.41) is 0.378. The third-order valence-electron chi connectivity index (χ3n) is 4.35. The number of rotatable bonds is 5. The lowest BCUT2D eigenvalue weighted by Crippen LogP contribution is -2.17. The minimum atomic E-state index is -0.654. The van der Waals surface area contributed by atoms with Crippen LogP contribution in [0.4, 0.5) is 0 Å². The van der Waals surface area contributed by atoms with Crippen LogP contribution in [0.3, 0.4) is 0 Å². The number of nitrogens with two attached hydrogens (primary N) is 1. The van der Waals surface area contributed by atoms with E-state index in [2.05, 4.69) is 0 Å². The maximum absolute atomic E-state index is 12.5. The number of carbonyl (C=O) groups is 2. The van der Waals surface area contributed by atoms with Gasteiger partial charge in [-0.2, -0.15) is 0 Å². The van der Waals surface area contributed by atoms with E-state index in [1.54, 1.807) is 6.07 Å². The molecule has 0 atom stereocenters. The molecule has 0 aromatic heterocycles. The van der Waals surface area contributed by atoms with E-state index >= 15 is 0 Å². The predicted molar refractivity (Wildman–Crippen MR) is 95.2 cm³/mol. The quantitative estimate of drug-likeness (QED) is 0.834. The minimum absolute atomic E-state index is 0.149. The van der Waals surface area contributed by atoms with Crippen LogP contribution in [0.25, 0.3) is 0 Å². The number of aryl methyl sites for hydroxylation is 1. The molecule has 0 bridgehead atoms. The van der Waals surface area contributed by atoms with Gasteiger partial charge in [0.15, 0.2) is 12.4 Å². The van der Waals surface area contributed by atoms with Gasteiger partial charge in [-0.1, -0.05) is 11.6 Å². The molecule has 0 aliphatic rings. The lowest BCUT2D eigenvalue weighted by Gasteiger charge is -2.14. The van der Waals surface area contributed by atoms with E-state index in [1.165, 1.54) is 17.7 Å². The first-order valence-electron chi connectivity index (χ1n) is 7.55. The number of carbonyl (C=O) groups excluding carboxylic acids is 2. The number of Topliss-reactive ketones (excluding diaryl/α,β-unsaturated/α-hetero) is 1. The molecule has 4 nitrogen and oxygen atoms in total. The predicted octanol–water partition coefficient (Wildman–Crippen LogP) is 3.93. The summed E-state index contributed by atoms with van der Waals surface area (Å²) in [6.07, 6.45) is 0. The van der Waals surface area contributed by atoms with Crippen molar-refractivity contribution in [1.82, 2.24) is 0 Å². The van der Waals surface area contributed by atoms with Crippen molar-refractivity contribution in [2.75, 3.05) is 6.61 Å². The fourth-order valence-corrected chi connectivity index (χ4v) is 2.72. The highest BCUT2D eigenvalue weighted by Gasteiger charge is 2.16. The molecule has 0 fully saturated rings. The molecular formula is C19H20ClNO3. The summed E-state index contributed by atoms with van der Waals surface area (Å²) < 4.78 is 5.53. The first-order valence-corrected chi connectivity index (χ1v) is 7.93. The smallest absolute Gasteiger partial charge is 0.252 e. The summed E-state index contributed by atoms with van der Waals surface area (Å²) in [7, 11) is 0. The highest BCUT2D eigenvalue weighted by molar-refractivity contribution is 6.31. The van der Waals surface area contributed by atoms with Crippen LogP contribution in [0.5, 0.6) is 5.75 Å². The number of ketones is 1. The van der Waals surface area contributed by atoms with E-state index in [0.29, 0.717) is 10.6 Å². The normalized spacial score (nSPS) is 10.5. The maximum atomic E-state index is 12.5. The SMILES string of the molecule is Cc1cc(C(=O)COc2ccc(Cl)cc2C(N)=O)c(C)c(C)c1C. The Labute approximate surface area is 146 Å². The van der Waals surface area contributed by atoms with Crippen LogP contribution in [0.15, 0.2) is 24.3 Å². The molecule has 2 rings (SSSR count). The van der Waals surface area contributed by atoms with Gasteiger partial charge >= 0.3 is 0 Å². The van der Waals surface area contributed by atoms with Gasteiger partial charge in [0.2, 0.25) is 0 Å². The summed E-state index contributed by atoms with van der Waals surface area (Å²) in [4.78, 5) is 24.0. The number of primary amides is 1. The van der Waals surface area contributed by atoms with E-state index < -0.39 is 5.91 Å². The molecule has 24 heavy (non-hydrogen) atoms. The van der Waals surface area contributed by atoms with E-state index in [9.17, 15) is 9.59 Å². The van der Waals surface area contributed by atoms with Crippen LogP contribution >= 0.6 is 11.6 Å². The molecule has 126 valence electrons. The lowest BCUT2D eigenvalue weighted by atomic mass is 9.93. The summed E-state index contributed by atoms with van der Waals surface area (Å²) in [6.45, 7) is 7.76. The first-order chi connectivity index (χ1) is 11.2. The molecule has 1 amide bonds. The van der Waals surface area contributed by atoms with Crippen LogP contribution in [-0.2, 0) is 0 Å². The Hall–Kier alpha value is -2.33. The Bertz CT molecular complexity index is 828. The monoisotopic (exact) mass is 345 g/mol. The Morgan fingerprint density at radius 1 is 1.00 bits per heavy atom. The highest BCUT2D eigenvalue weighted by atomic mass is 35.5. The van der Waals surface area contributed by atoms with E-state index in [0.717, 1.165) is 16.7 Å². The maximum Gasteiger partial charge on any atom is 0.252 e. The van der Waals surface area contributed by atoms with Crippen molar-refractivity contribution in [3.63, 3.8) is 0 Å². The summed E-state index contributed by atoms with van der Waals surface area (Å²) >= 11 is 5.86. The summed E-state index contributed by atoms with van der Waals surface area (Å²) in [5.74, 6) is -0.555. The molecule has 5 heteroatoms. The highest BCUT2D eigenvalue weighted by Crippen LogP contribution is 2.24. The van der Waals surface area contributed by atoms with Crippen LogP contribution in [0, 0.1) is 27.7 Å². The standard InChI is InChI=1S/C19H20ClNO3/c1-10-7-15(13(4)12(3)11(10)2)17(22)9-24-18-6-5-14(20)8-16(18)19(21)23/h5-8H,9H2,1-4H3,(H2,21,23). The molecule has 0 spiro atoms. The Balaban J connectivity index is 2.25. The first kappa shape index (κ1) is 18.0. The van der Waals surface area contributed by atoms with Crippen molar-refractivity contribution in [2.45, 2.75) is 27.7 Å². The van der Waals surface area contributed by atoms with E-state index in [-0.39, 0.29) is 23.7 Å². The zero-order chi connectivity index (χ0) is 18.0. The number of halogens is 1. The number of benzene rings is 2. The molecule has 0 aliphatic carbocycles. The van der Waals surface area contributed by atoms with Gasteiger partial charge in [-0.05, 0) is 74.2 Å². The molecule has 2 aromatic rings. The molecule has 2 N–H and O–H groups in total. The van der Waals surface area contributed by atoms with Gasteiger partial charge in [-0.25, -0.2) is 0 Å². The second kappa shape index (κ2) is 7.05. The van der Waals surface area contributed by atoms with Gasteiger partial charge in [0, 0.05) is 10.6 Å². The molecule has 0 saturated carbocycles. The molecule has 0 saturated heterocycles.